The van der Waals surface area contributed by atoms with Crippen molar-refractivity contribution in [2.24, 2.45) is 10.9 Å². The summed E-state index contributed by atoms with van der Waals surface area (Å²) in [4.78, 5) is 18.2. The van der Waals surface area contributed by atoms with E-state index in [4.69, 9.17) is 0 Å². The van der Waals surface area contributed by atoms with E-state index in [0.29, 0.717) is 29.7 Å². The van der Waals surface area contributed by atoms with Crippen LogP contribution in [0.25, 0.3) is 0 Å². The Kier molecular flexibility index (Phi) is 10.1. The number of amides is 1. The fourth-order valence-corrected chi connectivity index (χ4v) is 4.27. The van der Waals surface area contributed by atoms with Gasteiger partial charge in [0.25, 0.3) is 0 Å². The van der Waals surface area contributed by atoms with E-state index in [2.05, 4.69) is 20.5 Å². The quantitative estimate of drug-likeness (QED) is 0.346. The summed E-state index contributed by atoms with van der Waals surface area (Å²) >= 11 is 0. The van der Waals surface area contributed by atoms with Gasteiger partial charge < -0.3 is 15.5 Å². The van der Waals surface area contributed by atoms with E-state index in [1.807, 2.05) is 0 Å². The van der Waals surface area contributed by atoms with Crippen LogP contribution in [0, 0.1) is 5.92 Å². The first-order chi connectivity index (χ1) is 12.5. The van der Waals surface area contributed by atoms with Gasteiger partial charge in [-0.25, -0.2) is 8.42 Å². The number of sulfone groups is 1. The van der Waals surface area contributed by atoms with Gasteiger partial charge in [-0.3, -0.25) is 9.79 Å². The Morgan fingerprint density at radius 1 is 1.22 bits per heavy atom. The number of benzene rings is 1. The van der Waals surface area contributed by atoms with E-state index in [9.17, 15) is 13.2 Å². The van der Waals surface area contributed by atoms with Gasteiger partial charge in [-0.15, -0.1) is 24.0 Å². The van der Waals surface area contributed by atoms with Crippen molar-refractivity contribution in [3.05, 3.63) is 30.3 Å². The molecule has 9 heteroatoms. The van der Waals surface area contributed by atoms with Gasteiger partial charge >= 0.3 is 0 Å². The molecule has 7 nitrogen and oxygen atoms in total. The molecule has 1 fully saturated rings. The van der Waals surface area contributed by atoms with Crippen molar-refractivity contribution in [3.8, 4) is 0 Å². The lowest BCUT2D eigenvalue weighted by Crippen LogP contribution is -2.47. The Morgan fingerprint density at radius 2 is 1.85 bits per heavy atom. The SMILES string of the molecule is CN=C(NCCS(=O)(=O)c1ccccc1)N1CCC(CC(=O)NC)CC1.I. The highest BCUT2D eigenvalue weighted by atomic mass is 127. The lowest BCUT2D eigenvalue weighted by molar-refractivity contribution is -0.121. The Bertz CT molecular complexity index is 717. The number of halogens is 1. The minimum absolute atomic E-state index is 0. The van der Waals surface area contributed by atoms with E-state index >= 15 is 0 Å². The van der Waals surface area contributed by atoms with Crippen molar-refractivity contribution in [1.29, 1.82) is 0 Å². The fourth-order valence-electron chi connectivity index (χ4n) is 3.09. The summed E-state index contributed by atoms with van der Waals surface area (Å²) in [6, 6.07) is 8.47. The first-order valence-electron chi connectivity index (χ1n) is 8.90. The molecule has 27 heavy (non-hydrogen) atoms. The molecular weight excluding hydrogens is 479 g/mol. The Morgan fingerprint density at radius 3 is 2.41 bits per heavy atom. The number of likely N-dealkylation sites (tertiary alicyclic amines) is 1. The molecule has 0 atom stereocenters. The summed E-state index contributed by atoms with van der Waals surface area (Å²) in [5.74, 6) is 1.20. The average Bonchev–Trinajstić information content (AvgIpc) is 2.66. The lowest BCUT2D eigenvalue weighted by Gasteiger charge is -2.34. The molecule has 152 valence electrons. The molecule has 1 saturated heterocycles. The minimum atomic E-state index is -3.30. The largest absolute Gasteiger partial charge is 0.359 e. The smallest absolute Gasteiger partial charge is 0.220 e. The molecule has 1 amide bonds. The van der Waals surface area contributed by atoms with Crippen LogP contribution >= 0.6 is 24.0 Å². The Balaban J connectivity index is 0.00000364. The van der Waals surface area contributed by atoms with Gasteiger partial charge in [-0.2, -0.15) is 0 Å². The second-order valence-electron chi connectivity index (χ2n) is 6.41. The van der Waals surface area contributed by atoms with Gasteiger partial charge in [0, 0.05) is 40.2 Å². The summed E-state index contributed by atoms with van der Waals surface area (Å²) in [5.41, 5.74) is 0. The van der Waals surface area contributed by atoms with Crippen LogP contribution in [0.15, 0.2) is 40.2 Å². The van der Waals surface area contributed by atoms with Crippen molar-refractivity contribution >= 4 is 45.7 Å². The first kappa shape index (κ1) is 23.7. The summed E-state index contributed by atoms with van der Waals surface area (Å²) in [6.07, 6.45) is 2.42. The summed E-state index contributed by atoms with van der Waals surface area (Å²) < 4.78 is 24.6. The molecule has 1 aliphatic heterocycles. The number of piperidine rings is 1. The molecule has 0 spiro atoms. The molecule has 0 bridgehead atoms. The summed E-state index contributed by atoms with van der Waals surface area (Å²) in [7, 11) is 0.0580. The fraction of sp³-hybridized carbons (Fsp3) is 0.556. The predicted molar refractivity (Wildman–Crippen MR) is 118 cm³/mol. The van der Waals surface area contributed by atoms with Crippen LogP contribution in [0.1, 0.15) is 19.3 Å². The molecule has 0 unspecified atom stereocenters. The number of hydrogen-bond acceptors (Lipinski definition) is 4. The molecule has 0 aliphatic carbocycles. The number of rotatable bonds is 6. The molecule has 2 rings (SSSR count). The number of aliphatic imine (C=N–C) groups is 1. The van der Waals surface area contributed by atoms with E-state index in [1.165, 1.54) is 0 Å². The molecule has 0 aromatic heterocycles. The first-order valence-corrected chi connectivity index (χ1v) is 10.6. The number of nitrogens with one attached hydrogen (secondary N) is 2. The Hall–Kier alpha value is -1.36. The zero-order valence-electron chi connectivity index (χ0n) is 15.8. The summed E-state index contributed by atoms with van der Waals surface area (Å²) in [6.45, 7) is 1.93. The number of nitrogens with zero attached hydrogens (tertiary/aromatic N) is 2. The van der Waals surface area contributed by atoms with Gasteiger partial charge in [0.15, 0.2) is 15.8 Å². The van der Waals surface area contributed by atoms with Gasteiger partial charge in [0.2, 0.25) is 5.91 Å². The predicted octanol–water partition coefficient (Wildman–Crippen LogP) is 1.50. The number of carbonyl (C=O) groups is 1. The normalized spacial score (nSPS) is 15.8. The van der Waals surface area contributed by atoms with Crippen LogP contribution in [0.4, 0.5) is 0 Å². The van der Waals surface area contributed by atoms with Crippen LogP contribution in [0.5, 0.6) is 0 Å². The standard InChI is InChI=1S/C18H28N4O3S.HI/c1-19-17(23)14-15-8-11-22(12-9-15)18(20-2)21-10-13-26(24,25)16-6-4-3-5-7-16;/h3-7,15H,8-14H2,1-2H3,(H,19,23)(H,20,21);1H. The molecule has 1 aromatic carbocycles. The zero-order valence-corrected chi connectivity index (χ0v) is 19.0. The maximum atomic E-state index is 12.3. The third-order valence-electron chi connectivity index (χ3n) is 4.64. The highest BCUT2D eigenvalue weighted by Crippen LogP contribution is 2.20. The van der Waals surface area contributed by atoms with Crippen molar-refractivity contribution in [1.82, 2.24) is 15.5 Å². The maximum Gasteiger partial charge on any atom is 0.220 e. The van der Waals surface area contributed by atoms with Crippen molar-refractivity contribution in [2.45, 2.75) is 24.2 Å². The average molecular weight is 508 g/mol. The van der Waals surface area contributed by atoms with E-state index in [1.54, 1.807) is 44.4 Å². The van der Waals surface area contributed by atoms with Crippen molar-refractivity contribution < 1.29 is 13.2 Å². The van der Waals surface area contributed by atoms with Gasteiger partial charge in [0.05, 0.1) is 10.6 Å². The molecule has 0 radical (unpaired) electrons. The van der Waals surface area contributed by atoms with Crippen LogP contribution < -0.4 is 10.6 Å². The molecule has 1 aromatic rings. The van der Waals surface area contributed by atoms with Crippen LogP contribution in [0.3, 0.4) is 0 Å². The van der Waals surface area contributed by atoms with Crippen molar-refractivity contribution in [2.75, 3.05) is 39.5 Å². The molecule has 1 heterocycles. The lowest BCUT2D eigenvalue weighted by atomic mass is 9.93. The minimum Gasteiger partial charge on any atom is -0.359 e. The van der Waals surface area contributed by atoms with Crippen molar-refractivity contribution in [3.63, 3.8) is 0 Å². The third kappa shape index (κ3) is 7.28. The van der Waals surface area contributed by atoms with Gasteiger partial charge in [-0.1, -0.05) is 18.2 Å². The molecule has 2 N–H and O–H groups in total. The molecule has 0 saturated carbocycles. The highest BCUT2D eigenvalue weighted by Gasteiger charge is 2.23. The maximum absolute atomic E-state index is 12.3. The van der Waals surface area contributed by atoms with E-state index in [-0.39, 0.29) is 35.6 Å². The summed E-state index contributed by atoms with van der Waals surface area (Å²) in [5, 5.41) is 5.82. The zero-order chi connectivity index (χ0) is 19.0. The number of guanidine groups is 1. The third-order valence-corrected chi connectivity index (χ3v) is 6.37. The number of carbonyl (C=O) groups excluding carboxylic acids is 1. The van der Waals surface area contributed by atoms with Gasteiger partial charge in [-0.05, 0) is 30.9 Å². The second-order valence-corrected chi connectivity index (χ2v) is 8.52. The van der Waals surface area contributed by atoms with Gasteiger partial charge in [0.1, 0.15) is 0 Å². The van der Waals surface area contributed by atoms with Crippen LogP contribution in [0.2, 0.25) is 0 Å². The second kappa shape index (κ2) is 11.5. The Labute approximate surface area is 178 Å². The molecular formula is C18H29IN4O3S. The molecule has 1 aliphatic rings. The highest BCUT2D eigenvalue weighted by molar-refractivity contribution is 14.0. The number of hydrogen-bond donors (Lipinski definition) is 2. The van der Waals surface area contributed by atoms with Crippen LogP contribution in [-0.2, 0) is 14.6 Å². The monoisotopic (exact) mass is 508 g/mol. The van der Waals surface area contributed by atoms with E-state index < -0.39 is 9.84 Å². The topological polar surface area (TPSA) is 90.9 Å². The van der Waals surface area contributed by atoms with Crippen LogP contribution in [-0.4, -0.2) is 64.7 Å². The van der Waals surface area contributed by atoms with E-state index in [0.717, 1.165) is 25.9 Å².